The number of carbonyl (C=O) groups excluding carboxylic acids is 1. The molecule has 0 saturated carbocycles. The van der Waals surface area contributed by atoms with Crippen LogP contribution in [-0.2, 0) is 9.47 Å². The Morgan fingerprint density at radius 3 is 2.55 bits per heavy atom. The minimum absolute atomic E-state index is 0.0525. The van der Waals surface area contributed by atoms with Crippen molar-refractivity contribution in [2.75, 3.05) is 25.6 Å². The first kappa shape index (κ1) is 16.6. The molecule has 0 aliphatic carbocycles. The molecule has 0 aromatic heterocycles. The van der Waals surface area contributed by atoms with Crippen LogP contribution < -0.4 is 5.73 Å². The second-order valence-corrected chi connectivity index (χ2v) is 4.37. The molecule has 0 aliphatic heterocycles. The zero-order valence-corrected chi connectivity index (χ0v) is 11.1. The average molecular weight is 312 g/mol. The first-order chi connectivity index (χ1) is 9.28. The molecule has 0 fully saturated rings. The predicted molar refractivity (Wildman–Crippen MR) is 67.6 cm³/mol. The molecule has 0 bridgehead atoms. The zero-order chi connectivity index (χ0) is 15.2. The quantitative estimate of drug-likeness (QED) is 0.498. The minimum Gasteiger partial charge on any atom is -0.462 e. The number of hydrogen-bond donors (Lipinski definition) is 1. The third kappa shape index (κ3) is 6.63. The van der Waals surface area contributed by atoms with Gasteiger partial charge in [-0.3, -0.25) is 0 Å². The van der Waals surface area contributed by atoms with Crippen molar-refractivity contribution in [1.29, 1.82) is 0 Å². The van der Waals surface area contributed by atoms with E-state index >= 15 is 0 Å². The lowest BCUT2D eigenvalue weighted by Gasteiger charge is -2.08. The average Bonchev–Trinajstić information content (AvgIpc) is 2.30. The van der Waals surface area contributed by atoms with Crippen LogP contribution in [0.4, 0.5) is 18.9 Å². The van der Waals surface area contributed by atoms with E-state index in [0.29, 0.717) is 10.7 Å². The van der Waals surface area contributed by atoms with E-state index in [-0.39, 0.29) is 25.2 Å². The molecule has 2 N–H and O–H groups in total. The number of halogens is 4. The van der Waals surface area contributed by atoms with Crippen LogP contribution in [0.15, 0.2) is 18.2 Å². The second-order valence-electron chi connectivity index (χ2n) is 3.93. The number of nitrogens with two attached hydrogens (primary N) is 1. The number of nitrogen functional groups attached to an aromatic ring is 1. The van der Waals surface area contributed by atoms with E-state index in [0.717, 1.165) is 0 Å². The number of hydrogen-bond acceptors (Lipinski definition) is 4. The summed E-state index contributed by atoms with van der Waals surface area (Å²) >= 11 is 5.73. The number of ether oxygens (including phenoxy) is 2. The molecule has 0 saturated heterocycles. The molecule has 0 heterocycles. The van der Waals surface area contributed by atoms with Gasteiger partial charge in [0.05, 0.1) is 18.8 Å². The summed E-state index contributed by atoms with van der Waals surface area (Å²) in [5.41, 5.74) is 6.02. The Bertz CT molecular complexity index is 446. The fraction of sp³-hybridized carbons (Fsp3) is 0.417. The molecule has 4 nitrogen and oxygen atoms in total. The summed E-state index contributed by atoms with van der Waals surface area (Å²) in [6, 6.07) is 4.26. The SMILES string of the molecule is Nc1cc(Cl)cc(C(=O)OCCCOCC(F)(F)F)c1. The summed E-state index contributed by atoms with van der Waals surface area (Å²) < 4.78 is 44.5. The Kier molecular flexibility index (Phi) is 6.09. The van der Waals surface area contributed by atoms with Crippen LogP contribution in [0, 0.1) is 0 Å². The number of alkyl halides is 3. The second kappa shape index (κ2) is 7.35. The van der Waals surface area contributed by atoms with Gasteiger partial charge in [-0.2, -0.15) is 13.2 Å². The van der Waals surface area contributed by atoms with Gasteiger partial charge in [0, 0.05) is 17.1 Å². The summed E-state index contributed by atoms with van der Waals surface area (Å²) in [4.78, 5) is 11.6. The van der Waals surface area contributed by atoms with Crippen molar-refractivity contribution < 1.29 is 27.4 Å². The Labute approximate surface area is 118 Å². The van der Waals surface area contributed by atoms with Crippen molar-refractivity contribution in [3.63, 3.8) is 0 Å². The van der Waals surface area contributed by atoms with Gasteiger partial charge >= 0.3 is 12.1 Å². The molecule has 1 aromatic carbocycles. The highest BCUT2D eigenvalue weighted by atomic mass is 35.5. The molecule has 112 valence electrons. The smallest absolute Gasteiger partial charge is 0.411 e. The maximum absolute atomic E-state index is 11.8. The molecule has 0 radical (unpaired) electrons. The molecule has 0 spiro atoms. The summed E-state index contributed by atoms with van der Waals surface area (Å²) in [6.45, 7) is -1.51. The first-order valence-electron chi connectivity index (χ1n) is 5.65. The summed E-state index contributed by atoms with van der Waals surface area (Å²) in [5, 5.41) is 0.297. The van der Waals surface area contributed by atoms with Crippen LogP contribution in [0.5, 0.6) is 0 Å². The lowest BCUT2D eigenvalue weighted by atomic mass is 10.2. The normalized spacial score (nSPS) is 11.4. The number of anilines is 1. The summed E-state index contributed by atoms with van der Waals surface area (Å²) in [5.74, 6) is -0.643. The van der Waals surface area contributed by atoms with Crippen molar-refractivity contribution in [2.24, 2.45) is 0 Å². The highest BCUT2D eigenvalue weighted by Crippen LogP contribution is 2.17. The van der Waals surface area contributed by atoms with Gasteiger partial charge in [-0.05, 0) is 18.2 Å². The van der Waals surface area contributed by atoms with E-state index < -0.39 is 18.8 Å². The van der Waals surface area contributed by atoms with Crippen molar-refractivity contribution in [3.05, 3.63) is 28.8 Å². The number of esters is 1. The van der Waals surface area contributed by atoms with E-state index in [1.165, 1.54) is 18.2 Å². The molecule has 0 aliphatic rings. The van der Waals surface area contributed by atoms with Crippen LogP contribution in [-0.4, -0.2) is 32.0 Å². The van der Waals surface area contributed by atoms with Gasteiger partial charge in [0.2, 0.25) is 0 Å². The summed E-state index contributed by atoms with van der Waals surface area (Å²) in [7, 11) is 0. The number of benzene rings is 1. The van der Waals surface area contributed by atoms with Crippen LogP contribution >= 0.6 is 11.6 Å². The van der Waals surface area contributed by atoms with Gasteiger partial charge in [0.15, 0.2) is 0 Å². The van der Waals surface area contributed by atoms with Crippen LogP contribution in [0.25, 0.3) is 0 Å². The molecular formula is C12H13ClF3NO3. The monoisotopic (exact) mass is 311 g/mol. The van der Waals surface area contributed by atoms with Gasteiger partial charge < -0.3 is 15.2 Å². The maximum Gasteiger partial charge on any atom is 0.411 e. The Balaban J connectivity index is 2.27. The van der Waals surface area contributed by atoms with Crippen molar-refractivity contribution in [1.82, 2.24) is 0 Å². The van der Waals surface area contributed by atoms with E-state index in [2.05, 4.69) is 4.74 Å². The molecule has 0 unspecified atom stereocenters. The highest BCUT2D eigenvalue weighted by Gasteiger charge is 2.27. The van der Waals surface area contributed by atoms with Crippen molar-refractivity contribution in [3.8, 4) is 0 Å². The van der Waals surface area contributed by atoms with E-state index in [9.17, 15) is 18.0 Å². The lowest BCUT2D eigenvalue weighted by Crippen LogP contribution is -2.18. The number of carbonyl (C=O) groups is 1. The van der Waals surface area contributed by atoms with Crippen molar-refractivity contribution in [2.45, 2.75) is 12.6 Å². The molecule has 1 rings (SSSR count). The fourth-order valence-corrected chi connectivity index (χ4v) is 1.57. The molecule has 8 heteroatoms. The van der Waals surface area contributed by atoms with E-state index in [1.807, 2.05) is 0 Å². The third-order valence-electron chi connectivity index (χ3n) is 2.09. The fourth-order valence-electron chi connectivity index (χ4n) is 1.33. The maximum atomic E-state index is 11.8. The first-order valence-corrected chi connectivity index (χ1v) is 6.03. The van der Waals surface area contributed by atoms with Gasteiger partial charge in [-0.15, -0.1) is 0 Å². The largest absolute Gasteiger partial charge is 0.462 e. The summed E-state index contributed by atoms with van der Waals surface area (Å²) in [6.07, 6.45) is -4.19. The topological polar surface area (TPSA) is 61.6 Å². The highest BCUT2D eigenvalue weighted by molar-refractivity contribution is 6.31. The lowest BCUT2D eigenvalue weighted by molar-refractivity contribution is -0.174. The van der Waals surface area contributed by atoms with Gasteiger partial charge in [-0.1, -0.05) is 11.6 Å². The standard InChI is InChI=1S/C12H13ClF3NO3/c13-9-4-8(5-10(17)6-9)11(18)20-3-1-2-19-7-12(14,15)16/h4-6H,1-3,7,17H2. The predicted octanol–water partition coefficient (Wildman–Crippen LogP) is 3.05. The molecule has 1 aromatic rings. The van der Waals surface area contributed by atoms with E-state index in [4.69, 9.17) is 22.1 Å². The minimum atomic E-state index is -4.35. The molecule has 0 atom stereocenters. The van der Waals surface area contributed by atoms with Crippen LogP contribution in [0.3, 0.4) is 0 Å². The Hall–Kier alpha value is -1.47. The van der Waals surface area contributed by atoms with Crippen LogP contribution in [0.2, 0.25) is 5.02 Å². The van der Waals surface area contributed by atoms with E-state index in [1.54, 1.807) is 0 Å². The molecular weight excluding hydrogens is 299 g/mol. The van der Waals surface area contributed by atoms with Gasteiger partial charge in [0.25, 0.3) is 0 Å². The van der Waals surface area contributed by atoms with Crippen LogP contribution in [0.1, 0.15) is 16.8 Å². The third-order valence-corrected chi connectivity index (χ3v) is 2.31. The van der Waals surface area contributed by atoms with Gasteiger partial charge in [-0.25, -0.2) is 4.79 Å². The van der Waals surface area contributed by atoms with Crippen molar-refractivity contribution >= 4 is 23.3 Å². The number of rotatable bonds is 6. The van der Waals surface area contributed by atoms with Gasteiger partial charge in [0.1, 0.15) is 6.61 Å². The Morgan fingerprint density at radius 1 is 1.25 bits per heavy atom. The molecule has 20 heavy (non-hydrogen) atoms. The Morgan fingerprint density at radius 2 is 1.95 bits per heavy atom. The zero-order valence-electron chi connectivity index (χ0n) is 10.4. The molecule has 0 amide bonds.